The Morgan fingerprint density at radius 2 is 1.52 bits per heavy atom. The minimum absolute atomic E-state index is 0.164. The van der Waals surface area contributed by atoms with Crippen molar-refractivity contribution in [3.05, 3.63) is 0 Å². The van der Waals surface area contributed by atoms with Gasteiger partial charge in [0.05, 0.1) is 6.04 Å². The van der Waals surface area contributed by atoms with Crippen LogP contribution in [0.25, 0.3) is 0 Å². The number of thioether (sulfide) groups is 1. The number of amides is 1. The Hall–Kier alpha value is -0.220. The summed E-state index contributed by atoms with van der Waals surface area (Å²) in [6.45, 7) is 6.20. The maximum atomic E-state index is 12.5. The van der Waals surface area contributed by atoms with Crippen molar-refractivity contribution in [2.24, 2.45) is 5.73 Å². The van der Waals surface area contributed by atoms with Gasteiger partial charge in [-0.1, -0.05) is 52.4 Å². The van der Waals surface area contributed by atoms with Crippen LogP contribution in [0.15, 0.2) is 0 Å². The van der Waals surface area contributed by atoms with Gasteiger partial charge in [-0.05, 0) is 31.3 Å². The van der Waals surface area contributed by atoms with Crippen molar-refractivity contribution in [3.63, 3.8) is 0 Å². The Balaban J connectivity index is 4.22. The van der Waals surface area contributed by atoms with Crippen LogP contribution in [0.2, 0.25) is 0 Å². The zero-order chi connectivity index (χ0) is 15.9. The third kappa shape index (κ3) is 11.1. The van der Waals surface area contributed by atoms with E-state index in [1.807, 2.05) is 4.90 Å². The van der Waals surface area contributed by atoms with E-state index in [9.17, 15) is 4.79 Å². The zero-order valence-electron chi connectivity index (χ0n) is 14.4. The molecule has 0 aromatic rings. The summed E-state index contributed by atoms with van der Waals surface area (Å²) in [5.41, 5.74) is 6.06. The Kier molecular flexibility index (Phi) is 14.6. The van der Waals surface area contributed by atoms with Crippen molar-refractivity contribution in [2.75, 3.05) is 25.1 Å². The molecule has 1 amide bonds. The lowest BCUT2D eigenvalue weighted by atomic mass is 10.1. The smallest absolute Gasteiger partial charge is 0.239 e. The Morgan fingerprint density at radius 1 is 1.00 bits per heavy atom. The van der Waals surface area contributed by atoms with Gasteiger partial charge in [-0.25, -0.2) is 0 Å². The van der Waals surface area contributed by atoms with Gasteiger partial charge in [-0.15, -0.1) is 0 Å². The van der Waals surface area contributed by atoms with Gasteiger partial charge in [0, 0.05) is 13.1 Å². The third-order valence-corrected chi connectivity index (χ3v) is 4.47. The average molecular weight is 317 g/mol. The molecule has 0 aliphatic carbocycles. The number of rotatable bonds is 14. The fraction of sp³-hybridized carbons (Fsp3) is 0.941. The van der Waals surface area contributed by atoms with Gasteiger partial charge in [0.2, 0.25) is 5.91 Å². The summed E-state index contributed by atoms with van der Waals surface area (Å²) in [4.78, 5) is 14.5. The van der Waals surface area contributed by atoms with Gasteiger partial charge in [-0.2, -0.15) is 11.8 Å². The molecule has 0 aromatic carbocycles. The molecule has 21 heavy (non-hydrogen) atoms. The van der Waals surface area contributed by atoms with Gasteiger partial charge in [0.25, 0.3) is 0 Å². The minimum Gasteiger partial charge on any atom is -0.341 e. The molecule has 3 nitrogen and oxygen atoms in total. The monoisotopic (exact) mass is 316 g/mol. The van der Waals surface area contributed by atoms with Crippen LogP contribution in [0.3, 0.4) is 0 Å². The Bertz CT molecular complexity index is 237. The lowest BCUT2D eigenvalue weighted by Gasteiger charge is -2.26. The van der Waals surface area contributed by atoms with E-state index < -0.39 is 0 Å². The van der Waals surface area contributed by atoms with Crippen molar-refractivity contribution in [1.82, 2.24) is 4.90 Å². The summed E-state index contributed by atoms with van der Waals surface area (Å²) in [6.07, 6.45) is 12.5. The quantitative estimate of drug-likeness (QED) is 0.492. The molecule has 0 fully saturated rings. The van der Waals surface area contributed by atoms with E-state index in [1.165, 1.54) is 38.5 Å². The van der Waals surface area contributed by atoms with Crippen LogP contribution in [-0.2, 0) is 4.79 Å². The SMILES string of the molecule is CCCCCCN(CCCCCC)C(=O)[C@H](N)CCSC. The number of unbranched alkanes of at least 4 members (excludes halogenated alkanes) is 6. The van der Waals surface area contributed by atoms with Crippen molar-refractivity contribution in [2.45, 2.75) is 77.7 Å². The van der Waals surface area contributed by atoms with Crippen LogP contribution in [0, 0.1) is 0 Å². The lowest BCUT2D eigenvalue weighted by molar-refractivity contribution is -0.132. The molecular weight excluding hydrogens is 280 g/mol. The fourth-order valence-electron chi connectivity index (χ4n) is 2.39. The second-order valence-electron chi connectivity index (χ2n) is 5.83. The van der Waals surface area contributed by atoms with Gasteiger partial charge in [0.15, 0.2) is 0 Å². The van der Waals surface area contributed by atoms with Crippen LogP contribution >= 0.6 is 11.8 Å². The predicted molar refractivity (Wildman–Crippen MR) is 95.8 cm³/mol. The van der Waals surface area contributed by atoms with Crippen LogP contribution < -0.4 is 5.73 Å². The molecule has 0 spiro atoms. The Labute approximate surface area is 136 Å². The first kappa shape index (κ1) is 20.8. The predicted octanol–water partition coefficient (Wildman–Crippen LogP) is 4.06. The van der Waals surface area contributed by atoms with Gasteiger partial charge in [0.1, 0.15) is 0 Å². The average Bonchev–Trinajstić information content (AvgIpc) is 2.50. The molecule has 0 radical (unpaired) electrons. The number of hydrogen-bond acceptors (Lipinski definition) is 3. The minimum atomic E-state index is -0.310. The van der Waals surface area contributed by atoms with Gasteiger partial charge in [-0.3, -0.25) is 4.79 Å². The Morgan fingerprint density at radius 3 is 1.95 bits per heavy atom. The number of nitrogens with zero attached hydrogens (tertiary/aromatic N) is 1. The molecule has 0 aliphatic heterocycles. The molecule has 1 atom stereocenters. The second-order valence-corrected chi connectivity index (χ2v) is 6.82. The first-order valence-corrected chi connectivity index (χ1v) is 10.1. The van der Waals surface area contributed by atoms with Gasteiger partial charge < -0.3 is 10.6 Å². The molecule has 0 aliphatic rings. The van der Waals surface area contributed by atoms with Gasteiger partial charge >= 0.3 is 0 Å². The van der Waals surface area contributed by atoms with Crippen LogP contribution in [0.1, 0.15) is 71.6 Å². The highest BCUT2D eigenvalue weighted by atomic mass is 32.2. The molecule has 0 saturated heterocycles. The highest BCUT2D eigenvalue weighted by Crippen LogP contribution is 2.09. The van der Waals surface area contributed by atoms with Crippen molar-refractivity contribution in [3.8, 4) is 0 Å². The summed E-state index contributed by atoms with van der Waals surface area (Å²) in [5.74, 6) is 1.13. The molecule has 0 unspecified atom stereocenters. The lowest BCUT2D eigenvalue weighted by Crippen LogP contribution is -2.45. The van der Waals surface area contributed by atoms with Crippen molar-refractivity contribution < 1.29 is 4.79 Å². The van der Waals surface area contributed by atoms with E-state index in [0.717, 1.165) is 38.1 Å². The number of carbonyl (C=O) groups is 1. The molecule has 0 bridgehead atoms. The maximum Gasteiger partial charge on any atom is 0.239 e. The summed E-state index contributed by atoms with van der Waals surface area (Å²) in [5, 5.41) is 0. The van der Waals surface area contributed by atoms with E-state index in [0.29, 0.717) is 0 Å². The zero-order valence-corrected chi connectivity index (χ0v) is 15.2. The highest BCUT2D eigenvalue weighted by molar-refractivity contribution is 7.98. The number of carbonyl (C=O) groups excluding carboxylic acids is 1. The van der Waals surface area contributed by atoms with E-state index >= 15 is 0 Å². The molecule has 126 valence electrons. The highest BCUT2D eigenvalue weighted by Gasteiger charge is 2.19. The van der Waals surface area contributed by atoms with Crippen molar-refractivity contribution in [1.29, 1.82) is 0 Å². The molecular formula is C17H36N2OS. The summed E-state index contributed by atoms with van der Waals surface area (Å²) < 4.78 is 0. The first-order chi connectivity index (χ1) is 10.2. The van der Waals surface area contributed by atoms with Crippen LogP contribution in [0.5, 0.6) is 0 Å². The number of hydrogen-bond donors (Lipinski definition) is 1. The second kappa shape index (κ2) is 14.7. The summed E-state index contributed by atoms with van der Waals surface area (Å²) in [7, 11) is 0. The van der Waals surface area contributed by atoms with Crippen LogP contribution in [0.4, 0.5) is 0 Å². The van der Waals surface area contributed by atoms with E-state index in [1.54, 1.807) is 11.8 Å². The van der Waals surface area contributed by atoms with Crippen molar-refractivity contribution >= 4 is 17.7 Å². The normalized spacial score (nSPS) is 12.4. The molecule has 0 saturated carbocycles. The van der Waals surface area contributed by atoms with E-state index in [-0.39, 0.29) is 11.9 Å². The molecule has 0 heterocycles. The number of nitrogens with two attached hydrogens (primary N) is 1. The first-order valence-electron chi connectivity index (χ1n) is 8.70. The van der Waals surface area contributed by atoms with Crippen LogP contribution in [-0.4, -0.2) is 41.9 Å². The molecule has 2 N–H and O–H groups in total. The molecule has 4 heteroatoms. The van der Waals surface area contributed by atoms with E-state index in [4.69, 9.17) is 5.73 Å². The molecule has 0 aromatic heterocycles. The fourth-order valence-corrected chi connectivity index (χ4v) is 2.88. The molecule has 0 rings (SSSR count). The van der Waals surface area contributed by atoms with E-state index in [2.05, 4.69) is 20.1 Å². The third-order valence-electron chi connectivity index (χ3n) is 3.83. The topological polar surface area (TPSA) is 46.3 Å². The summed E-state index contributed by atoms with van der Waals surface area (Å²) in [6, 6.07) is -0.310. The standard InChI is InChI=1S/C17H36N2OS/c1-4-6-8-10-13-19(14-11-9-7-5-2)17(20)16(18)12-15-21-3/h16H,4-15,18H2,1-3H3/t16-/m1/s1. The summed E-state index contributed by atoms with van der Waals surface area (Å²) >= 11 is 1.76. The maximum absolute atomic E-state index is 12.5. The largest absolute Gasteiger partial charge is 0.341 e.